The number of amides is 1. The predicted octanol–water partition coefficient (Wildman–Crippen LogP) is 2.59. The van der Waals surface area contributed by atoms with Crippen LogP contribution in [-0.4, -0.2) is 30.1 Å². The van der Waals surface area contributed by atoms with Crippen LogP contribution in [0.5, 0.6) is 0 Å². The molecule has 100 valence electrons. The molecule has 0 aromatic rings. The monoisotopic (exact) mass is 253 g/mol. The van der Waals surface area contributed by atoms with Crippen molar-refractivity contribution in [2.75, 3.05) is 13.2 Å². The Bertz CT molecular complexity index is 349. The average Bonchev–Trinajstić information content (AvgIpc) is 2.68. The molecule has 0 saturated carbocycles. The quantitative estimate of drug-likeness (QED) is 0.397. The number of unbranched alkanes of at least 4 members (excludes halogenated alkanes) is 2. The van der Waals surface area contributed by atoms with E-state index in [-0.39, 0.29) is 12.1 Å². The number of allylic oxidation sites excluding steroid dienone is 2. The molecule has 1 aliphatic rings. The highest BCUT2D eigenvalue weighted by Crippen LogP contribution is 2.10. The summed E-state index contributed by atoms with van der Waals surface area (Å²) in [6.07, 6.45) is 6.84. The zero-order valence-corrected chi connectivity index (χ0v) is 10.7. The van der Waals surface area contributed by atoms with E-state index in [1.165, 1.54) is 6.92 Å². The maximum atomic E-state index is 11.1. The lowest BCUT2D eigenvalue weighted by Crippen LogP contribution is -2.16. The third kappa shape index (κ3) is 5.52. The number of ether oxygens (including phenoxy) is 2. The van der Waals surface area contributed by atoms with Gasteiger partial charge in [-0.1, -0.05) is 12.7 Å². The van der Waals surface area contributed by atoms with Crippen LogP contribution >= 0.6 is 0 Å². The van der Waals surface area contributed by atoms with Crippen molar-refractivity contribution < 1.29 is 19.1 Å². The Balaban J connectivity index is 2.04. The van der Waals surface area contributed by atoms with E-state index < -0.39 is 0 Å². The molecule has 1 heterocycles. The van der Waals surface area contributed by atoms with Crippen LogP contribution in [0.1, 0.15) is 32.6 Å². The SMILES string of the molecule is C=C(CCCC/C=C/N1CCOC1=O)OC(C)=O. The van der Waals surface area contributed by atoms with Crippen LogP contribution in [0.25, 0.3) is 0 Å². The highest BCUT2D eigenvalue weighted by Gasteiger charge is 2.18. The number of cyclic esters (lactones) is 1. The van der Waals surface area contributed by atoms with Crippen molar-refractivity contribution >= 4 is 12.1 Å². The molecule has 1 fully saturated rings. The summed E-state index contributed by atoms with van der Waals surface area (Å²) in [6.45, 7) is 6.11. The van der Waals surface area contributed by atoms with Gasteiger partial charge >= 0.3 is 12.1 Å². The van der Waals surface area contributed by atoms with Gasteiger partial charge in [-0.15, -0.1) is 0 Å². The topological polar surface area (TPSA) is 55.8 Å². The normalized spacial score (nSPS) is 14.9. The Morgan fingerprint density at radius 2 is 2.33 bits per heavy atom. The van der Waals surface area contributed by atoms with E-state index in [1.54, 1.807) is 11.1 Å². The van der Waals surface area contributed by atoms with Gasteiger partial charge in [0.05, 0.1) is 6.54 Å². The molecule has 1 rings (SSSR count). The standard InChI is InChI=1S/C13H19NO4/c1-11(18-12(2)15)7-5-3-4-6-8-14-9-10-17-13(14)16/h6,8H,1,3-5,7,9-10H2,2H3/b8-6+. The van der Waals surface area contributed by atoms with Gasteiger partial charge in [0.1, 0.15) is 12.4 Å². The fraction of sp³-hybridized carbons (Fsp3) is 0.538. The van der Waals surface area contributed by atoms with Crippen LogP contribution < -0.4 is 0 Å². The largest absolute Gasteiger partial charge is 0.447 e. The number of hydrogen-bond donors (Lipinski definition) is 0. The second-order valence-corrected chi connectivity index (χ2v) is 4.07. The molecule has 1 aliphatic heterocycles. The second-order valence-electron chi connectivity index (χ2n) is 4.07. The molecule has 0 aromatic carbocycles. The van der Waals surface area contributed by atoms with Crippen LogP contribution in [0.15, 0.2) is 24.6 Å². The minimum absolute atomic E-state index is 0.283. The third-order valence-electron chi connectivity index (χ3n) is 2.44. The summed E-state index contributed by atoms with van der Waals surface area (Å²) in [7, 11) is 0. The molecule has 0 radical (unpaired) electrons. The lowest BCUT2D eigenvalue weighted by Gasteiger charge is -2.05. The molecule has 1 amide bonds. The first kappa shape index (κ1) is 14.3. The average molecular weight is 253 g/mol. The summed E-state index contributed by atoms with van der Waals surface area (Å²) in [5.41, 5.74) is 0. The van der Waals surface area contributed by atoms with Crippen molar-refractivity contribution in [1.82, 2.24) is 4.90 Å². The number of carbonyl (C=O) groups excluding carboxylic acids is 2. The number of esters is 1. The van der Waals surface area contributed by atoms with Gasteiger partial charge in [-0.25, -0.2) is 4.79 Å². The summed E-state index contributed by atoms with van der Waals surface area (Å²) in [5.74, 6) is 0.182. The number of rotatable bonds is 7. The van der Waals surface area contributed by atoms with Crippen molar-refractivity contribution in [2.45, 2.75) is 32.6 Å². The third-order valence-corrected chi connectivity index (χ3v) is 2.44. The van der Waals surface area contributed by atoms with Crippen LogP contribution in [-0.2, 0) is 14.3 Å². The number of carbonyl (C=O) groups is 2. The molecule has 0 atom stereocenters. The Morgan fingerprint density at radius 1 is 1.56 bits per heavy atom. The van der Waals surface area contributed by atoms with Crippen molar-refractivity contribution in [2.24, 2.45) is 0 Å². The highest BCUT2D eigenvalue weighted by atomic mass is 16.6. The van der Waals surface area contributed by atoms with Crippen molar-refractivity contribution in [3.63, 3.8) is 0 Å². The maximum Gasteiger partial charge on any atom is 0.413 e. The van der Waals surface area contributed by atoms with Gasteiger partial charge < -0.3 is 9.47 Å². The van der Waals surface area contributed by atoms with Crippen LogP contribution in [0.4, 0.5) is 4.79 Å². The Labute approximate surface area is 107 Å². The van der Waals surface area contributed by atoms with Crippen LogP contribution in [0.3, 0.4) is 0 Å². The first-order valence-corrected chi connectivity index (χ1v) is 6.06. The summed E-state index contributed by atoms with van der Waals surface area (Å²) in [4.78, 5) is 23.3. The van der Waals surface area contributed by atoms with Gasteiger partial charge in [0.15, 0.2) is 0 Å². The number of hydrogen-bond acceptors (Lipinski definition) is 4. The van der Waals surface area contributed by atoms with Gasteiger partial charge in [0, 0.05) is 19.5 Å². The number of nitrogens with zero attached hydrogens (tertiary/aromatic N) is 1. The van der Waals surface area contributed by atoms with E-state index in [0.29, 0.717) is 25.3 Å². The molecule has 0 aromatic heterocycles. The van der Waals surface area contributed by atoms with E-state index in [9.17, 15) is 9.59 Å². The van der Waals surface area contributed by atoms with E-state index in [0.717, 1.165) is 19.3 Å². The summed E-state index contributed by atoms with van der Waals surface area (Å²) in [6, 6.07) is 0. The highest BCUT2D eigenvalue weighted by molar-refractivity contribution is 5.70. The van der Waals surface area contributed by atoms with Gasteiger partial charge in [0.25, 0.3) is 0 Å². The molecular weight excluding hydrogens is 234 g/mol. The minimum Gasteiger partial charge on any atom is -0.447 e. The molecule has 5 nitrogen and oxygen atoms in total. The van der Waals surface area contributed by atoms with E-state index in [1.807, 2.05) is 6.08 Å². The van der Waals surface area contributed by atoms with Gasteiger partial charge in [0.2, 0.25) is 0 Å². The van der Waals surface area contributed by atoms with Gasteiger partial charge in [-0.3, -0.25) is 9.69 Å². The van der Waals surface area contributed by atoms with Crippen LogP contribution in [0.2, 0.25) is 0 Å². The van der Waals surface area contributed by atoms with E-state index in [4.69, 9.17) is 9.47 Å². The van der Waals surface area contributed by atoms with Crippen LogP contribution in [0, 0.1) is 0 Å². The van der Waals surface area contributed by atoms with Gasteiger partial charge in [-0.05, 0) is 19.3 Å². The second kappa shape index (κ2) is 7.53. The summed E-state index contributed by atoms with van der Waals surface area (Å²) >= 11 is 0. The molecule has 18 heavy (non-hydrogen) atoms. The fourth-order valence-electron chi connectivity index (χ4n) is 1.58. The molecule has 0 N–H and O–H groups in total. The van der Waals surface area contributed by atoms with Crippen molar-refractivity contribution in [3.05, 3.63) is 24.6 Å². The Hall–Kier alpha value is -1.78. The van der Waals surface area contributed by atoms with Gasteiger partial charge in [-0.2, -0.15) is 0 Å². The summed E-state index contributed by atoms with van der Waals surface area (Å²) in [5, 5.41) is 0. The molecule has 0 bridgehead atoms. The zero-order chi connectivity index (χ0) is 13.4. The first-order chi connectivity index (χ1) is 8.59. The molecule has 0 aliphatic carbocycles. The first-order valence-electron chi connectivity index (χ1n) is 6.06. The fourth-order valence-corrected chi connectivity index (χ4v) is 1.58. The molecule has 0 unspecified atom stereocenters. The molecular formula is C13H19NO4. The summed E-state index contributed by atoms with van der Waals surface area (Å²) < 4.78 is 9.62. The predicted molar refractivity (Wildman–Crippen MR) is 66.6 cm³/mol. The van der Waals surface area contributed by atoms with Crippen molar-refractivity contribution in [1.29, 1.82) is 0 Å². The Kier molecular flexibility index (Phi) is 5.97. The molecule has 5 heteroatoms. The lowest BCUT2D eigenvalue weighted by molar-refractivity contribution is -0.137. The Morgan fingerprint density at radius 3 is 2.94 bits per heavy atom. The van der Waals surface area contributed by atoms with E-state index in [2.05, 4.69) is 6.58 Å². The smallest absolute Gasteiger partial charge is 0.413 e. The lowest BCUT2D eigenvalue weighted by atomic mass is 10.2. The van der Waals surface area contributed by atoms with E-state index >= 15 is 0 Å². The van der Waals surface area contributed by atoms with Crippen molar-refractivity contribution in [3.8, 4) is 0 Å². The molecule has 0 spiro atoms. The minimum atomic E-state index is -0.326. The maximum absolute atomic E-state index is 11.1. The zero-order valence-electron chi connectivity index (χ0n) is 10.7. The molecule has 1 saturated heterocycles.